The largest absolute Gasteiger partial charge is 0.508 e. The molecule has 0 spiro atoms. The van der Waals surface area contributed by atoms with Crippen LogP contribution < -0.4 is 65.1 Å². The van der Waals surface area contributed by atoms with E-state index in [1.807, 2.05) is 13.8 Å². The van der Waals surface area contributed by atoms with E-state index in [2.05, 4.69) is 47.9 Å². The number of phenolic OH excluding ortho intramolecular Hbond substituents is 1. The van der Waals surface area contributed by atoms with E-state index in [4.69, 9.17) is 17.2 Å². The molecule has 1 rings (SSSR count). The Morgan fingerprint density at radius 3 is 1.08 bits per heavy atom. The molecular formula is C57H96N12O16. The van der Waals surface area contributed by atoms with Crippen LogP contribution in [0.4, 0.5) is 0 Å². The van der Waals surface area contributed by atoms with Crippen molar-refractivity contribution in [3.8, 4) is 5.75 Å². The van der Waals surface area contributed by atoms with Crippen LogP contribution >= 0.6 is 0 Å². The van der Waals surface area contributed by atoms with Gasteiger partial charge in [-0.1, -0.05) is 67.5 Å². The number of hydrogen-bond donors (Lipinski definition) is 16. The van der Waals surface area contributed by atoms with E-state index in [-0.39, 0.29) is 81.5 Å². The van der Waals surface area contributed by atoms with Crippen LogP contribution in [-0.4, -0.2) is 165 Å². The molecule has 10 atom stereocenters. The summed E-state index contributed by atoms with van der Waals surface area (Å²) in [6, 6.07) is -8.24. The van der Waals surface area contributed by atoms with Gasteiger partial charge >= 0.3 is 17.9 Å². The molecular weight excluding hydrogens is 1110 g/mol. The molecule has 19 N–H and O–H groups in total. The van der Waals surface area contributed by atoms with Gasteiger partial charge in [0.05, 0.1) is 6.04 Å². The van der Waals surface area contributed by atoms with Crippen molar-refractivity contribution in [3.05, 3.63) is 29.8 Å². The summed E-state index contributed by atoms with van der Waals surface area (Å²) in [6.45, 7) is 15.8. The SMILES string of the molecule is CC(C)C[C@H](NC(=O)[C@H](CC(C)C)NC(=O)[C@H](CCC(=O)O)NC(=O)[C@H](CCC(=O)O)NC(=O)[C@H](Cc1ccc(O)cc1)NC(=O)[C@H](CCCCN)NC(=O)[C@@H](NC(=O)[C@H](CCCCN)NC(=O)[C@H](CC(C)C)NC(=O)[C@H](C)N)C(C)C)C(=O)O. The Hall–Kier alpha value is -7.46. The average Bonchev–Trinajstić information content (AvgIpc) is 3.61. The van der Waals surface area contributed by atoms with E-state index in [0.29, 0.717) is 24.8 Å². The Balaban J connectivity index is 3.74. The maximum Gasteiger partial charge on any atom is 0.326 e. The summed E-state index contributed by atoms with van der Waals surface area (Å²) in [5, 5.41) is 62.2. The highest BCUT2D eigenvalue weighted by atomic mass is 16.4. The number of aliphatic carboxylic acids is 3. The molecule has 9 amide bonds. The zero-order valence-corrected chi connectivity index (χ0v) is 50.6. The third-order valence-corrected chi connectivity index (χ3v) is 13.4. The quantitative estimate of drug-likeness (QED) is 0.0367. The molecule has 0 heterocycles. The summed E-state index contributed by atoms with van der Waals surface area (Å²) in [4.78, 5) is 161. The predicted octanol–water partition coefficient (Wildman–Crippen LogP) is -0.488. The number of nitrogens with one attached hydrogen (secondary N) is 9. The maximum absolute atomic E-state index is 14.5. The Morgan fingerprint density at radius 2 is 0.718 bits per heavy atom. The number of aromatic hydroxyl groups is 1. The molecule has 0 bridgehead atoms. The number of unbranched alkanes of at least 4 members (excludes halogenated alkanes) is 2. The number of carboxylic acid groups (broad SMARTS) is 3. The summed E-state index contributed by atoms with van der Waals surface area (Å²) in [5.74, 6) is -13.2. The van der Waals surface area contributed by atoms with Crippen LogP contribution in [0.2, 0.25) is 0 Å². The molecule has 28 nitrogen and oxygen atoms in total. The van der Waals surface area contributed by atoms with E-state index in [1.54, 1.807) is 41.5 Å². The van der Waals surface area contributed by atoms with Crippen molar-refractivity contribution in [1.82, 2.24) is 47.9 Å². The van der Waals surface area contributed by atoms with Gasteiger partial charge in [-0.3, -0.25) is 52.7 Å². The number of carboxylic acids is 3. The normalized spacial score (nSPS) is 14.9. The van der Waals surface area contributed by atoms with E-state index < -0.39 is 163 Å². The summed E-state index contributed by atoms with van der Waals surface area (Å²) >= 11 is 0. The van der Waals surface area contributed by atoms with Gasteiger partial charge in [0.1, 0.15) is 60.1 Å². The zero-order chi connectivity index (χ0) is 64.7. The fourth-order valence-corrected chi connectivity index (χ4v) is 8.76. The van der Waals surface area contributed by atoms with Gasteiger partial charge in [0, 0.05) is 19.3 Å². The van der Waals surface area contributed by atoms with Gasteiger partial charge in [-0.15, -0.1) is 0 Å². The van der Waals surface area contributed by atoms with Crippen LogP contribution in [0.5, 0.6) is 5.75 Å². The van der Waals surface area contributed by atoms with Gasteiger partial charge in [0.25, 0.3) is 0 Å². The molecule has 28 heteroatoms. The fraction of sp³-hybridized carbons (Fsp3) is 0.684. The standard InChI is InChI=1S/C57H96N12O16/c1-30(2)26-41(65-48(75)34(9)60)53(80)61-38(15-11-13-25-59)52(79)69-47(33(7)8)56(83)64-37(14-10-12-24-58)49(76)67-43(29-35-16-18-36(70)19-17-35)55(82)63-39(20-22-45(71)72)50(77)62-40(21-23-46(73)74)51(78)66-42(27-31(3)4)54(81)68-44(57(84)85)28-32(5)6/h16-19,30-34,37-44,47,70H,10-15,20-29,58-60H2,1-9H3,(H,61,80)(H,62,77)(H,63,82)(H,64,83)(H,65,75)(H,66,78)(H,67,76)(H,68,81)(H,69,79)(H,71,72)(H,73,74)(H,84,85)/t34-,37-,38-,39-,40-,41-,42-,43-,44-,47-/m0/s1. The fourth-order valence-electron chi connectivity index (χ4n) is 8.76. The van der Waals surface area contributed by atoms with E-state index in [0.717, 1.165) is 0 Å². The molecule has 0 radical (unpaired) electrons. The highest BCUT2D eigenvalue weighted by Crippen LogP contribution is 2.16. The van der Waals surface area contributed by atoms with Crippen LogP contribution in [0, 0.1) is 23.7 Å². The molecule has 0 unspecified atom stereocenters. The third kappa shape index (κ3) is 30.3. The summed E-state index contributed by atoms with van der Waals surface area (Å²) in [7, 11) is 0. The van der Waals surface area contributed by atoms with Crippen molar-refractivity contribution in [3.63, 3.8) is 0 Å². The molecule has 0 aliphatic heterocycles. The molecule has 85 heavy (non-hydrogen) atoms. The Morgan fingerprint density at radius 1 is 0.400 bits per heavy atom. The first-order valence-corrected chi connectivity index (χ1v) is 29.1. The van der Waals surface area contributed by atoms with Crippen LogP contribution in [0.25, 0.3) is 0 Å². The number of rotatable bonds is 42. The van der Waals surface area contributed by atoms with Crippen molar-refractivity contribution < 1.29 is 78.0 Å². The number of carbonyl (C=O) groups is 12. The highest BCUT2D eigenvalue weighted by Gasteiger charge is 2.37. The Kier molecular flexibility index (Phi) is 34.9. The predicted molar refractivity (Wildman–Crippen MR) is 313 cm³/mol. The lowest BCUT2D eigenvalue weighted by Gasteiger charge is -2.29. The molecule has 0 aliphatic rings. The van der Waals surface area contributed by atoms with Gasteiger partial charge in [0.2, 0.25) is 53.2 Å². The van der Waals surface area contributed by atoms with Crippen molar-refractivity contribution in [1.29, 1.82) is 0 Å². The molecule has 0 saturated carbocycles. The number of hydrogen-bond acceptors (Lipinski definition) is 16. The molecule has 0 aromatic heterocycles. The number of amides is 9. The van der Waals surface area contributed by atoms with Crippen LogP contribution in [0.3, 0.4) is 0 Å². The summed E-state index contributed by atoms with van der Waals surface area (Å²) in [6.07, 6.45) is -1.09. The second-order valence-electron chi connectivity index (χ2n) is 23.0. The number of phenols is 1. The average molecular weight is 1210 g/mol. The second kappa shape index (κ2) is 39.2. The van der Waals surface area contributed by atoms with Gasteiger partial charge in [-0.2, -0.15) is 0 Å². The van der Waals surface area contributed by atoms with Gasteiger partial charge in [-0.05, 0) is 132 Å². The number of carbonyl (C=O) groups excluding carboxylic acids is 9. The van der Waals surface area contributed by atoms with E-state index >= 15 is 0 Å². The lowest BCUT2D eigenvalue weighted by atomic mass is 9.99. The van der Waals surface area contributed by atoms with Crippen molar-refractivity contribution >= 4 is 71.1 Å². The van der Waals surface area contributed by atoms with Crippen LogP contribution in [-0.2, 0) is 64.0 Å². The zero-order valence-electron chi connectivity index (χ0n) is 50.6. The molecule has 0 saturated heterocycles. The molecule has 1 aromatic carbocycles. The first-order chi connectivity index (χ1) is 39.8. The molecule has 0 fully saturated rings. The summed E-state index contributed by atoms with van der Waals surface area (Å²) < 4.78 is 0. The van der Waals surface area contributed by atoms with Crippen LogP contribution in [0.1, 0.15) is 151 Å². The number of nitrogens with two attached hydrogens (primary N) is 3. The Bertz CT molecular complexity index is 2370. The van der Waals surface area contributed by atoms with Gasteiger partial charge < -0.3 is 85.5 Å². The minimum Gasteiger partial charge on any atom is -0.508 e. The monoisotopic (exact) mass is 1200 g/mol. The lowest BCUT2D eigenvalue weighted by molar-refractivity contribution is -0.143. The van der Waals surface area contributed by atoms with Crippen molar-refractivity contribution in [2.24, 2.45) is 40.9 Å². The molecule has 0 aliphatic carbocycles. The second-order valence-corrected chi connectivity index (χ2v) is 23.0. The molecule has 1 aromatic rings. The molecule has 480 valence electrons. The van der Waals surface area contributed by atoms with Gasteiger partial charge in [0.15, 0.2) is 0 Å². The third-order valence-electron chi connectivity index (χ3n) is 13.4. The van der Waals surface area contributed by atoms with Gasteiger partial charge in [-0.25, -0.2) is 4.79 Å². The van der Waals surface area contributed by atoms with Crippen molar-refractivity contribution in [2.75, 3.05) is 13.1 Å². The van der Waals surface area contributed by atoms with E-state index in [1.165, 1.54) is 31.2 Å². The topological polar surface area (TPSA) is 472 Å². The minimum atomic E-state index is -1.78. The van der Waals surface area contributed by atoms with E-state index in [9.17, 15) is 78.0 Å². The Labute approximate surface area is 497 Å². The lowest BCUT2D eigenvalue weighted by Crippen LogP contribution is -2.61. The first-order valence-electron chi connectivity index (χ1n) is 29.1. The van der Waals surface area contributed by atoms with Crippen molar-refractivity contribution in [2.45, 2.75) is 213 Å². The van der Waals surface area contributed by atoms with Crippen LogP contribution in [0.15, 0.2) is 24.3 Å². The number of benzene rings is 1. The minimum absolute atomic E-state index is 0.0146. The smallest absolute Gasteiger partial charge is 0.326 e. The maximum atomic E-state index is 14.5. The highest BCUT2D eigenvalue weighted by molar-refractivity contribution is 5.99. The first kappa shape index (κ1) is 75.6. The summed E-state index contributed by atoms with van der Waals surface area (Å²) in [5.41, 5.74) is 17.7.